The lowest BCUT2D eigenvalue weighted by Gasteiger charge is -2.34. The van der Waals surface area contributed by atoms with E-state index in [1.165, 1.54) is 26.4 Å². The fourth-order valence-corrected chi connectivity index (χ4v) is 2.87. The van der Waals surface area contributed by atoms with Crippen LogP contribution in [-0.2, 0) is 14.3 Å². The maximum absolute atomic E-state index is 12.0. The zero-order valence-corrected chi connectivity index (χ0v) is 12.4. The van der Waals surface area contributed by atoms with Gasteiger partial charge in [-0.25, -0.2) is 4.79 Å². The molecule has 1 N–H and O–H groups in total. The van der Waals surface area contributed by atoms with Gasteiger partial charge in [-0.3, -0.25) is 5.32 Å². The molecular formula is C15H27NO3. The Bertz CT molecular complexity index is 317. The van der Waals surface area contributed by atoms with Crippen molar-refractivity contribution >= 4 is 5.97 Å². The molecule has 0 saturated heterocycles. The highest BCUT2D eigenvalue weighted by molar-refractivity contribution is 5.80. The zero-order valence-electron chi connectivity index (χ0n) is 12.4. The Morgan fingerprint density at radius 2 is 1.95 bits per heavy atom. The second kappa shape index (κ2) is 6.23. The van der Waals surface area contributed by atoms with Crippen molar-refractivity contribution in [1.82, 2.24) is 5.32 Å². The Morgan fingerprint density at radius 1 is 1.26 bits per heavy atom. The van der Waals surface area contributed by atoms with E-state index >= 15 is 0 Å². The largest absolute Gasteiger partial charge is 0.468 e. The summed E-state index contributed by atoms with van der Waals surface area (Å²) in [6.45, 7) is 4.55. The lowest BCUT2D eigenvalue weighted by Crippen LogP contribution is -2.55. The molecule has 0 radical (unpaired) electrons. The van der Waals surface area contributed by atoms with Crippen molar-refractivity contribution in [3.05, 3.63) is 0 Å². The van der Waals surface area contributed by atoms with E-state index in [1.807, 2.05) is 6.92 Å². The molecule has 4 nitrogen and oxygen atoms in total. The van der Waals surface area contributed by atoms with Crippen LogP contribution in [0.2, 0.25) is 0 Å². The fraction of sp³-hybridized carbons (Fsp3) is 0.933. The summed E-state index contributed by atoms with van der Waals surface area (Å²) in [5.41, 5.74) is -0.701. The molecule has 2 aliphatic rings. The van der Waals surface area contributed by atoms with E-state index in [9.17, 15) is 4.79 Å². The molecule has 4 heteroatoms. The summed E-state index contributed by atoms with van der Waals surface area (Å²) in [5.74, 6) is 0.374. The number of rotatable bonds is 6. The molecule has 0 aliphatic heterocycles. The lowest BCUT2D eigenvalue weighted by molar-refractivity contribution is -0.153. The third-order valence-electron chi connectivity index (χ3n) is 4.35. The van der Waals surface area contributed by atoms with Gasteiger partial charge in [0, 0.05) is 6.04 Å². The van der Waals surface area contributed by atoms with E-state index in [2.05, 4.69) is 12.2 Å². The van der Waals surface area contributed by atoms with Crippen LogP contribution in [0.25, 0.3) is 0 Å². The minimum absolute atomic E-state index is 0.220. The minimum atomic E-state index is -0.701. The quantitative estimate of drug-likeness (QED) is 0.751. The van der Waals surface area contributed by atoms with E-state index in [-0.39, 0.29) is 5.97 Å². The van der Waals surface area contributed by atoms with Gasteiger partial charge in [0.15, 0.2) is 0 Å². The number of methoxy groups -OCH3 is 1. The van der Waals surface area contributed by atoms with Gasteiger partial charge in [0.05, 0.1) is 19.8 Å². The molecule has 110 valence electrons. The zero-order chi connectivity index (χ0) is 13.9. The number of ether oxygens (including phenoxy) is 2. The number of hydrogen-bond acceptors (Lipinski definition) is 4. The summed E-state index contributed by atoms with van der Waals surface area (Å²) in [6.07, 6.45) is 7.46. The van der Waals surface area contributed by atoms with Crippen LogP contribution in [0.15, 0.2) is 0 Å². The molecule has 0 aromatic carbocycles. The Balaban J connectivity index is 1.89. The normalized spacial score (nSPS) is 30.7. The van der Waals surface area contributed by atoms with Crippen molar-refractivity contribution in [3.63, 3.8) is 0 Å². The van der Waals surface area contributed by atoms with Crippen molar-refractivity contribution in [3.8, 4) is 0 Å². The monoisotopic (exact) mass is 269 g/mol. The summed E-state index contributed by atoms with van der Waals surface area (Å²) < 4.78 is 11.0. The molecule has 0 aromatic rings. The average molecular weight is 269 g/mol. The SMILES string of the molecule is COC(=O)C(C)(COC1CCCCC1C)NC1CC1. The molecule has 2 fully saturated rings. The van der Waals surface area contributed by atoms with Gasteiger partial charge < -0.3 is 9.47 Å². The third-order valence-corrected chi connectivity index (χ3v) is 4.35. The molecule has 0 spiro atoms. The molecule has 0 bridgehead atoms. The van der Waals surface area contributed by atoms with Gasteiger partial charge in [0.25, 0.3) is 0 Å². The van der Waals surface area contributed by atoms with Gasteiger partial charge in [-0.2, -0.15) is 0 Å². The number of nitrogens with one attached hydrogen (secondary N) is 1. The molecule has 19 heavy (non-hydrogen) atoms. The highest BCUT2D eigenvalue weighted by Gasteiger charge is 2.40. The number of carbonyl (C=O) groups is 1. The first-order valence-corrected chi connectivity index (χ1v) is 7.53. The summed E-state index contributed by atoms with van der Waals surface area (Å²) in [5, 5.41) is 3.37. The van der Waals surface area contributed by atoms with Crippen LogP contribution in [0.1, 0.15) is 52.4 Å². The molecular weight excluding hydrogens is 242 g/mol. The van der Waals surface area contributed by atoms with Crippen LogP contribution in [0, 0.1) is 5.92 Å². The molecule has 3 unspecified atom stereocenters. The number of hydrogen-bond donors (Lipinski definition) is 1. The van der Waals surface area contributed by atoms with Crippen molar-refractivity contribution in [2.75, 3.05) is 13.7 Å². The molecule has 2 aliphatic carbocycles. The predicted octanol–water partition coefficient (Wildman–Crippen LogP) is 2.27. The highest BCUT2D eigenvalue weighted by Crippen LogP contribution is 2.28. The number of carbonyl (C=O) groups excluding carboxylic acids is 1. The second-order valence-electron chi connectivity index (χ2n) is 6.35. The number of esters is 1. The van der Waals surface area contributed by atoms with Crippen molar-refractivity contribution < 1.29 is 14.3 Å². The van der Waals surface area contributed by atoms with E-state index in [0.29, 0.717) is 24.7 Å². The first-order chi connectivity index (χ1) is 9.05. The first kappa shape index (κ1) is 14.8. The van der Waals surface area contributed by atoms with Gasteiger partial charge in [0.1, 0.15) is 5.54 Å². The van der Waals surface area contributed by atoms with E-state index in [1.54, 1.807) is 0 Å². The molecule has 2 saturated carbocycles. The Labute approximate surface area is 116 Å². The van der Waals surface area contributed by atoms with Crippen molar-refractivity contribution in [2.24, 2.45) is 5.92 Å². The van der Waals surface area contributed by atoms with Gasteiger partial charge >= 0.3 is 5.97 Å². The van der Waals surface area contributed by atoms with Gasteiger partial charge in [-0.15, -0.1) is 0 Å². The predicted molar refractivity (Wildman–Crippen MR) is 74.0 cm³/mol. The van der Waals surface area contributed by atoms with Crippen LogP contribution in [0.3, 0.4) is 0 Å². The second-order valence-corrected chi connectivity index (χ2v) is 6.35. The first-order valence-electron chi connectivity index (χ1n) is 7.53. The molecule has 0 heterocycles. The van der Waals surface area contributed by atoms with Gasteiger partial charge in [-0.05, 0) is 38.5 Å². The lowest BCUT2D eigenvalue weighted by atomic mass is 9.88. The van der Waals surface area contributed by atoms with Crippen LogP contribution in [-0.4, -0.2) is 37.4 Å². The molecule has 0 aromatic heterocycles. The summed E-state index contributed by atoms with van der Waals surface area (Å²) in [6, 6.07) is 0.455. The van der Waals surface area contributed by atoms with Gasteiger partial charge in [0.2, 0.25) is 0 Å². The molecule has 2 rings (SSSR count). The summed E-state index contributed by atoms with van der Waals surface area (Å²) >= 11 is 0. The minimum Gasteiger partial charge on any atom is -0.468 e. The van der Waals surface area contributed by atoms with E-state index in [0.717, 1.165) is 19.3 Å². The maximum Gasteiger partial charge on any atom is 0.328 e. The fourth-order valence-electron chi connectivity index (χ4n) is 2.87. The summed E-state index contributed by atoms with van der Waals surface area (Å²) in [4.78, 5) is 12.0. The Kier molecular flexibility index (Phi) is 4.85. The van der Waals surface area contributed by atoms with Crippen LogP contribution in [0.4, 0.5) is 0 Å². The smallest absolute Gasteiger partial charge is 0.328 e. The van der Waals surface area contributed by atoms with Crippen molar-refractivity contribution in [2.45, 2.75) is 70.1 Å². The maximum atomic E-state index is 12.0. The van der Waals surface area contributed by atoms with Crippen LogP contribution >= 0.6 is 0 Å². The van der Waals surface area contributed by atoms with Gasteiger partial charge in [-0.1, -0.05) is 19.8 Å². The van der Waals surface area contributed by atoms with E-state index < -0.39 is 5.54 Å². The molecule has 0 amide bonds. The summed E-state index contributed by atoms with van der Waals surface area (Å²) in [7, 11) is 1.44. The van der Waals surface area contributed by atoms with E-state index in [4.69, 9.17) is 9.47 Å². The van der Waals surface area contributed by atoms with Crippen molar-refractivity contribution in [1.29, 1.82) is 0 Å². The third kappa shape index (κ3) is 3.93. The van der Waals surface area contributed by atoms with Crippen LogP contribution in [0.5, 0.6) is 0 Å². The topological polar surface area (TPSA) is 47.6 Å². The molecule has 3 atom stereocenters. The standard InChI is InChI=1S/C15H27NO3/c1-11-6-4-5-7-13(11)19-10-15(2,14(17)18-3)16-12-8-9-12/h11-13,16H,4-10H2,1-3H3. The highest BCUT2D eigenvalue weighted by atomic mass is 16.5. The van der Waals surface area contributed by atoms with Crippen LogP contribution < -0.4 is 5.32 Å². The Morgan fingerprint density at radius 3 is 2.53 bits per heavy atom. The average Bonchev–Trinajstić information content (AvgIpc) is 3.20. The Hall–Kier alpha value is -0.610.